The lowest BCUT2D eigenvalue weighted by Crippen LogP contribution is -2.13. The van der Waals surface area contributed by atoms with Crippen LogP contribution in [0.25, 0.3) is 0 Å². The molecule has 0 atom stereocenters. The van der Waals surface area contributed by atoms with E-state index >= 15 is 0 Å². The van der Waals surface area contributed by atoms with Crippen LogP contribution in [0, 0.1) is 0 Å². The highest BCUT2D eigenvalue weighted by molar-refractivity contribution is 5.11. The third-order valence-electron chi connectivity index (χ3n) is 2.06. The molecule has 15 heavy (non-hydrogen) atoms. The number of hydrogen-bond acceptors (Lipinski definition) is 3. The van der Waals surface area contributed by atoms with E-state index < -0.39 is 0 Å². The van der Waals surface area contributed by atoms with Gasteiger partial charge in [-0.2, -0.15) is 0 Å². The van der Waals surface area contributed by atoms with Crippen molar-refractivity contribution in [1.29, 1.82) is 0 Å². The van der Waals surface area contributed by atoms with Crippen molar-refractivity contribution in [1.82, 2.24) is 5.32 Å². The number of ether oxygens (including phenoxy) is 1. The SMILES string of the molecule is CCCNCc1coc(COCCC)c1. The molecule has 0 aliphatic heterocycles. The van der Waals surface area contributed by atoms with Gasteiger partial charge in [0.1, 0.15) is 12.4 Å². The molecule has 0 saturated heterocycles. The highest BCUT2D eigenvalue weighted by Crippen LogP contribution is 2.08. The minimum absolute atomic E-state index is 0.585. The monoisotopic (exact) mass is 211 g/mol. The smallest absolute Gasteiger partial charge is 0.129 e. The van der Waals surface area contributed by atoms with Crippen molar-refractivity contribution in [3.63, 3.8) is 0 Å². The first kappa shape index (κ1) is 12.3. The van der Waals surface area contributed by atoms with E-state index in [1.54, 1.807) is 6.26 Å². The highest BCUT2D eigenvalue weighted by Gasteiger charge is 2.01. The van der Waals surface area contributed by atoms with E-state index in [0.29, 0.717) is 6.61 Å². The molecule has 1 aromatic rings. The Morgan fingerprint density at radius 2 is 2.20 bits per heavy atom. The fraction of sp³-hybridized carbons (Fsp3) is 0.667. The van der Waals surface area contributed by atoms with E-state index in [1.807, 2.05) is 0 Å². The Morgan fingerprint density at radius 1 is 1.33 bits per heavy atom. The lowest BCUT2D eigenvalue weighted by atomic mass is 10.3. The molecule has 0 aromatic carbocycles. The van der Waals surface area contributed by atoms with Crippen molar-refractivity contribution >= 4 is 0 Å². The molecule has 3 nitrogen and oxygen atoms in total. The summed E-state index contributed by atoms with van der Waals surface area (Å²) in [6.45, 7) is 7.57. The van der Waals surface area contributed by atoms with E-state index in [-0.39, 0.29) is 0 Å². The molecular weight excluding hydrogens is 190 g/mol. The number of furan rings is 1. The van der Waals surface area contributed by atoms with E-state index in [4.69, 9.17) is 9.15 Å². The molecule has 3 heteroatoms. The normalized spacial score (nSPS) is 10.8. The van der Waals surface area contributed by atoms with Gasteiger partial charge in [-0.15, -0.1) is 0 Å². The summed E-state index contributed by atoms with van der Waals surface area (Å²) in [6.07, 6.45) is 4.00. The van der Waals surface area contributed by atoms with Crippen molar-refractivity contribution in [3.8, 4) is 0 Å². The second-order valence-electron chi connectivity index (χ2n) is 3.65. The van der Waals surface area contributed by atoms with E-state index in [1.165, 1.54) is 5.56 Å². The minimum Gasteiger partial charge on any atom is -0.467 e. The first-order valence-corrected chi connectivity index (χ1v) is 5.71. The summed E-state index contributed by atoms with van der Waals surface area (Å²) < 4.78 is 10.8. The molecule has 0 bridgehead atoms. The molecule has 0 aliphatic rings. The molecule has 0 aliphatic carbocycles. The molecule has 0 saturated carbocycles. The van der Waals surface area contributed by atoms with Crippen LogP contribution in [0.1, 0.15) is 38.0 Å². The molecular formula is C12H21NO2. The second-order valence-corrected chi connectivity index (χ2v) is 3.65. The Kier molecular flexibility index (Phi) is 6.12. The van der Waals surface area contributed by atoms with E-state index in [0.717, 1.165) is 38.3 Å². The molecule has 1 heterocycles. The second kappa shape index (κ2) is 7.49. The zero-order valence-corrected chi connectivity index (χ0v) is 9.71. The van der Waals surface area contributed by atoms with Crippen molar-refractivity contribution in [3.05, 3.63) is 23.7 Å². The topological polar surface area (TPSA) is 34.4 Å². The summed E-state index contributed by atoms with van der Waals surface area (Å²) in [5.41, 5.74) is 1.19. The van der Waals surface area contributed by atoms with Gasteiger partial charge in [-0.1, -0.05) is 13.8 Å². The standard InChI is InChI=1S/C12H21NO2/c1-3-5-13-8-11-7-12(15-9-11)10-14-6-4-2/h7,9,13H,3-6,8,10H2,1-2H3. The molecule has 1 aromatic heterocycles. The van der Waals surface area contributed by atoms with Crippen molar-refractivity contribution in [2.24, 2.45) is 0 Å². The summed E-state index contributed by atoms with van der Waals surface area (Å²) in [5.74, 6) is 0.914. The van der Waals surface area contributed by atoms with Crippen LogP contribution in [0.15, 0.2) is 16.7 Å². The lowest BCUT2D eigenvalue weighted by molar-refractivity contribution is 0.107. The van der Waals surface area contributed by atoms with Gasteiger partial charge in [-0.05, 0) is 25.5 Å². The van der Waals surface area contributed by atoms with E-state index in [2.05, 4.69) is 25.2 Å². The summed E-state index contributed by atoms with van der Waals surface area (Å²) in [4.78, 5) is 0. The Balaban J connectivity index is 2.23. The number of hydrogen-bond donors (Lipinski definition) is 1. The number of rotatable bonds is 8. The summed E-state index contributed by atoms with van der Waals surface area (Å²) in [7, 11) is 0. The maximum atomic E-state index is 5.39. The van der Waals surface area contributed by atoms with Crippen LogP contribution in [0.4, 0.5) is 0 Å². The molecule has 0 amide bonds. The zero-order valence-electron chi connectivity index (χ0n) is 9.71. The van der Waals surface area contributed by atoms with Gasteiger partial charge in [0.25, 0.3) is 0 Å². The first-order valence-electron chi connectivity index (χ1n) is 5.71. The fourth-order valence-electron chi connectivity index (χ4n) is 1.32. The summed E-state index contributed by atoms with van der Waals surface area (Å²) >= 11 is 0. The number of nitrogens with one attached hydrogen (secondary N) is 1. The van der Waals surface area contributed by atoms with Gasteiger partial charge in [0.15, 0.2) is 0 Å². The van der Waals surface area contributed by atoms with Crippen LogP contribution in [0.2, 0.25) is 0 Å². The predicted octanol–water partition coefficient (Wildman–Crippen LogP) is 2.71. The maximum absolute atomic E-state index is 5.39. The molecule has 0 spiro atoms. The molecule has 0 fully saturated rings. The lowest BCUT2D eigenvalue weighted by Gasteiger charge is -1.98. The van der Waals surface area contributed by atoms with Crippen LogP contribution >= 0.6 is 0 Å². The highest BCUT2D eigenvalue weighted by atomic mass is 16.5. The Bertz CT molecular complexity index is 233. The quantitative estimate of drug-likeness (QED) is 0.671. The largest absolute Gasteiger partial charge is 0.467 e. The van der Waals surface area contributed by atoms with Crippen LogP contribution in [0.5, 0.6) is 0 Å². The molecule has 86 valence electrons. The molecule has 1 N–H and O–H groups in total. The van der Waals surface area contributed by atoms with Crippen LogP contribution in [-0.4, -0.2) is 13.2 Å². The van der Waals surface area contributed by atoms with Crippen molar-refractivity contribution in [2.75, 3.05) is 13.2 Å². The van der Waals surface area contributed by atoms with E-state index in [9.17, 15) is 0 Å². The molecule has 0 radical (unpaired) electrons. The third kappa shape index (κ3) is 5.00. The molecule has 0 unspecified atom stereocenters. The Morgan fingerprint density at radius 3 is 2.93 bits per heavy atom. The summed E-state index contributed by atoms with van der Waals surface area (Å²) in [5, 5.41) is 3.33. The van der Waals surface area contributed by atoms with Gasteiger partial charge < -0.3 is 14.5 Å². The van der Waals surface area contributed by atoms with Gasteiger partial charge in [0.2, 0.25) is 0 Å². The first-order chi connectivity index (χ1) is 7.36. The Hall–Kier alpha value is -0.800. The van der Waals surface area contributed by atoms with Gasteiger partial charge in [0, 0.05) is 18.7 Å². The van der Waals surface area contributed by atoms with Crippen LogP contribution < -0.4 is 5.32 Å². The van der Waals surface area contributed by atoms with Crippen LogP contribution in [-0.2, 0) is 17.9 Å². The fourth-order valence-corrected chi connectivity index (χ4v) is 1.32. The minimum atomic E-state index is 0.585. The molecule has 1 rings (SSSR count). The summed E-state index contributed by atoms with van der Waals surface area (Å²) in [6, 6.07) is 2.05. The van der Waals surface area contributed by atoms with Gasteiger partial charge in [-0.25, -0.2) is 0 Å². The van der Waals surface area contributed by atoms with Gasteiger partial charge in [-0.3, -0.25) is 0 Å². The maximum Gasteiger partial charge on any atom is 0.129 e. The van der Waals surface area contributed by atoms with Gasteiger partial charge in [0.05, 0.1) is 6.26 Å². The van der Waals surface area contributed by atoms with Gasteiger partial charge >= 0.3 is 0 Å². The predicted molar refractivity (Wildman–Crippen MR) is 60.7 cm³/mol. The average molecular weight is 211 g/mol. The van der Waals surface area contributed by atoms with Crippen molar-refractivity contribution < 1.29 is 9.15 Å². The van der Waals surface area contributed by atoms with Crippen molar-refractivity contribution in [2.45, 2.75) is 39.8 Å². The Labute approximate surface area is 91.8 Å². The zero-order chi connectivity index (χ0) is 10.9. The average Bonchev–Trinajstić information content (AvgIpc) is 2.67. The van der Waals surface area contributed by atoms with Crippen LogP contribution in [0.3, 0.4) is 0 Å². The third-order valence-corrected chi connectivity index (χ3v) is 2.06.